The molecule has 1 aromatic heterocycles. The molecule has 0 amide bonds. The molecular formula is C7H12ClN3O2. The van der Waals surface area contributed by atoms with Gasteiger partial charge >= 0.3 is 5.97 Å². The van der Waals surface area contributed by atoms with Crippen LogP contribution in [-0.2, 0) is 0 Å². The molecule has 0 aliphatic rings. The first-order valence-corrected chi connectivity index (χ1v) is 3.60. The molecule has 0 spiro atoms. The molecule has 0 saturated carbocycles. The molecule has 74 valence electrons. The number of aromatic carboxylic acids is 1. The molecule has 13 heavy (non-hydrogen) atoms. The fourth-order valence-corrected chi connectivity index (χ4v) is 0.967. The van der Waals surface area contributed by atoms with Crippen LogP contribution < -0.4 is 5.73 Å². The molecule has 0 bridgehead atoms. The monoisotopic (exact) mass is 205 g/mol. The predicted octanol–water partition coefficient (Wildman–Crippen LogP) is 1.17. The van der Waals surface area contributed by atoms with Crippen molar-refractivity contribution in [2.24, 2.45) is 0 Å². The molecule has 1 heterocycles. The van der Waals surface area contributed by atoms with Crippen LogP contribution in [-0.4, -0.2) is 20.9 Å². The Labute approximate surface area is 81.9 Å². The smallest absolute Gasteiger partial charge is 0.354 e. The summed E-state index contributed by atoms with van der Waals surface area (Å²) in [7, 11) is 0. The van der Waals surface area contributed by atoms with E-state index in [0.717, 1.165) is 0 Å². The minimum atomic E-state index is -1.01. The van der Waals surface area contributed by atoms with Crippen molar-refractivity contribution in [2.75, 3.05) is 5.73 Å². The molecule has 0 saturated heterocycles. The minimum absolute atomic E-state index is 0. The highest BCUT2D eigenvalue weighted by atomic mass is 35.5. The number of carbonyl (C=O) groups is 1. The molecule has 3 N–H and O–H groups in total. The quantitative estimate of drug-likeness (QED) is 0.760. The lowest BCUT2D eigenvalue weighted by Gasteiger charge is -2.06. The molecule has 0 fully saturated rings. The highest BCUT2D eigenvalue weighted by Crippen LogP contribution is 2.11. The van der Waals surface area contributed by atoms with Gasteiger partial charge in [0.15, 0.2) is 0 Å². The summed E-state index contributed by atoms with van der Waals surface area (Å²) < 4.78 is 1.39. The zero-order valence-corrected chi connectivity index (χ0v) is 8.21. The van der Waals surface area contributed by atoms with Gasteiger partial charge in [0.25, 0.3) is 0 Å². The summed E-state index contributed by atoms with van der Waals surface area (Å²) in [6, 6.07) is 1.36. The van der Waals surface area contributed by atoms with E-state index in [4.69, 9.17) is 10.8 Å². The van der Waals surface area contributed by atoms with Gasteiger partial charge in [0, 0.05) is 12.1 Å². The van der Waals surface area contributed by atoms with Crippen molar-refractivity contribution in [2.45, 2.75) is 19.9 Å². The van der Waals surface area contributed by atoms with Crippen molar-refractivity contribution in [3.8, 4) is 0 Å². The number of rotatable bonds is 2. The maximum Gasteiger partial charge on any atom is 0.354 e. The third-order valence-corrected chi connectivity index (χ3v) is 1.46. The average molecular weight is 206 g/mol. The number of nitrogen functional groups attached to an aromatic ring is 1. The molecule has 5 nitrogen and oxygen atoms in total. The first kappa shape index (κ1) is 11.8. The minimum Gasteiger partial charge on any atom is -0.477 e. The van der Waals surface area contributed by atoms with Crippen LogP contribution >= 0.6 is 12.4 Å². The number of hydrogen-bond donors (Lipinski definition) is 2. The maximum atomic E-state index is 10.6. The Kier molecular flexibility index (Phi) is 3.74. The number of nitrogens with two attached hydrogens (primary N) is 1. The summed E-state index contributed by atoms with van der Waals surface area (Å²) in [4.78, 5) is 10.6. The molecule has 0 radical (unpaired) electrons. The van der Waals surface area contributed by atoms with Crippen LogP contribution in [0.1, 0.15) is 30.4 Å². The molecule has 0 aliphatic carbocycles. The molecule has 1 aromatic rings. The average Bonchev–Trinajstić information content (AvgIpc) is 2.31. The van der Waals surface area contributed by atoms with E-state index >= 15 is 0 Å². The number of carboxylic acids is 1. The summed E-state index contributed by atoms with van der Waals surface area (Å²) in [5, 5.41) is 12.6. The van der Waals surface area contributed by atoms with Crippen LogP contribution in [0.4, 0.5) is 5.82 Å². The standard InChI is InChI=1S/C7H11N3O2.ClH/c1-4(2)10-5(7(11)12)3-6(8)9-10;/h3-4H,1-2H3,(H2,8,9)(H,11,12);1H. The normalized spacial score (nSPS) is 9.77. The molecule has 0 atom stereocenters. The van der Waals surface area contributed by atoms with E-state index in [-0.39, 0.29) is 30.0 Å². The van der Waals surface area contributed by atoms with Crippen molar-refractivity contribution in [3.05, 3.63) is 11.8 Å². The predicted molar refractivity (Wildman–Crippen MR) is 51.2 cm³/mol. The van der Waals surface area contributed by atoms with E-state index in [2.05, 4.69) is 5.10 Å². The van der Waals surface area contributed by atoms with Crippen molar-refractivity contribution in [1.29, 1.82) is 0 Å². The van der Waals surface area contributed by atoms with E-state index < -0.39 is 5.97 Å². The van der Waals surface area contributed by atoms with Gasteiger partial charge in [0.05, 0.1) is 0 Å². The van der Waals surface area contributed by atoms with Crippen LogP contribution in [0.3, 0.4) is 0 Å². The molecule has 1 rings (SSSR count). The van der Waals surface area contributed by atoms with Gasteiger partial charge < -0.3 is 10.8 Å². The topological polar surface area (TPSA) is 81.1 Å². The van der Waals surface area contributed by atoms with Crippen molar-refractivity contribution in [3.63, 3.8) is 0 Å². The van der Waals surface area contributed by atoms with E-state index in [0.29, 0.717) is 0 Å². The Morgan fingerprint density at radius 3 is 2.54 bits per heavy atom. The Balaban J connectivity index is 0.00000144. The van der Waals surface area contributed by atoms with Crippen LogP contribution in [0.15, 0.2) is 6.07 Å². The number of anilines is 1. The lowest BCUT2D eigenvalue weighted by Crippen LogP contribution is -2.11. The van der Waals surface area contributed by atoms with Gasteiger partial charge in [0.1, 0.15) is 11.5 Å². The van der Waals surface area contributed by atoms with Crippen molar-refractivity contribution >= 4 is 24.2 Å². The van der Waals surface area contributed by atoms with Crippen LogP contribution in [0.2, 0.25) is 0 Å². The summed E-state index contributed by atoms with van der Waals surface area (Å²) in [5.41, 5.74) is 5.49. The fourth-order valence-electron chi connectivity index (χ4n) is 0.967. The number of aromatic nitrogens is 2. The largest absolute Gasteiger partial charge is 0.477 e. The van der Waals surface area contributed by atoms with Crippen LogP contribution in [0.25, 0.3) is 0 Å². The Morgan fingerprint density at radius 2 is 2.23 bits per heavy atom. The van der Waals surface area contributed by atoms with Gasteiger partial charge in [-0.2, -0.15) is 5.10 Å². The van der Waals surface area contributed by atoms with Gasteiger partial charge in [-0.1, -0.05) is 0 Å². The lowest BCUT2D eigenvalue weighted by atomic mass is 10.3. The maximum absolute atomic E-state index is 10.6. The summed E-state index contributed by atoms with van der Waals surface area (Å²) in [5.74, 6) is -0.769. The van der Waals surface area contributed by atoms with E-state index in [1.54, 1.807) is 0 Å². The second kappa shape index (κ2) is 4.13. The zero-order valence-electron chi connectivity index (χ0n) is 7.39. The summed E-state index contributed by atoms with van der Waals surface area (Å²) in [6.45, 7) is 3.69. The van der Waals surface area contributed by atoms with Crippen LogP contribution in [0.5, 0.6) is 0 Å². The van der Waals surface area contributed by atoms with Gasteiger partial charge in [-0.15, -0.1) is 12.4 Å². The molecule has 0 aliphatic heterocycles. The van der Waals surface area contributed by atoms with E-state index in [1.165, 1.54) is 10.7 Å². The molecule has 6 heteroatoms. The zero-order chi connectivity index (χ0) is 9.30. The highest BCUT2D eigenvalue weighted by molar-refractivity contribution is 5.86. The highest BCUT2D eigenvalue weighted by Gasteiger charge is 2.14. The number of halogens is 1. The van der Waals surface area contributed by atoms with Gasteiger partial charge in [0.2, 0.25) is 0 Å². The Morgan fingerprint density at radius 1 is 1.69 bits per heavy atom. The summed E-state index contributed by atoms with van der Waals surface area (Å²) >= 11 is 0. The number of hydrogen-bond acceptors (Lipinski definition) is 3. The second-order valence-corrected chi connectivity index (χ2v) is 2.80. The SMILES string of the molecule is CC(C)n1nc(N)cc1C(=O)O.Cl. The van der Waals surface area contributed by atoms with Crippen LogP contribution in [0, 0.1) is 0 Å². The molecular weight excluding hydrogens is 194 g/mol. The van der Waals surface area contributed by atoms with Crippen molar-refractivity contribution in [1.82, 2.24) is 9.78 Å². The molecule has 0 unspecified atom stereocenters. The van der Waals surface area contributed by atoms with Gasteiger partial charge in [-0.3, -0.25) is 4.68 Å². The third-order valence-electron chi connectivity index (χ3n) is 1.46. The van der Waals surface area contributed by atoms with Gasteiger partial charge in [-0.05, 0) is 13.8 Å². The lowest BCUT2D eigenvalue weighted by molar-refractivity contribution is 0.0681. The fraction of sp³-hybridized carbons (Fsp3) is 0.429. The van der Waals surface area contributed by atoms with Gasteiger partial charge in [-0.25, -0.2) is 4.79 Å². The third kappa shape index (κ3) is 2.35. The number of nitrogens with zero attached hydrogens (tertiary/aromatic N) is 2. The first-order chi connectivity index (χ1) is 5.52. The molecule has 0 aromatic carbocycles. The van der Waals surface area contributed by atoms with E-state index in [9.17, 15) is 4.79 Å². The van der Waals surface area contributed by atoms with Crippen molar-refractivity contribution < 1.29 is 9.90 Å². The Hall–Kier alpha value is -1.23. The van der Waals surface area contributed by atoms with E-state index in [1.807, 2.05) is 13.8 Å². The Bertz CT molecular complexity index is 309. The second-order valence-electron chi connectivity index (χ2n) is 2.80. The summed E-state index contributed by atoms with van der Waals surface area (Å²) in [6.07, 6.45) is 0. The number of carboxylic acid groups (broad SMARTS) is 1. The first-order valence-electron chi connectivity index (χ1n) is 3.60.